The van der Waals surface area contributed by atoms with E-state index in [2.05, 4.69) is 20.8 Å². The van der Waals surface area contributed by atoms with Crippen molar-refractivity contribution < 1.29 is 25.7 Å². The Morgan fingerprint density at radius 2 is 1.82 bits per heavy atom. The molecule has 0 aromatic rings. The molecule has 1 radical (unpaired) electrons. The van der Waals surface area contributed by atoms with E-state index in [9.17, 15) is 0 Å². The first-order valence-electron chi connectivity index (χ1n) is 4.05. The van der Waals surface area contributed by atoms with Crippen molar-refractivity contribution in [2.75, 3.05) is 0 Å². The summed E-state index contributed by atoms with van der Waals surface area (Å²) in [5.41, 5.74) is 0. The Bertz CT molecular complexity index is 98.3. The summed E-state index contributed by atoms with van der Waals surface area (Å²) in [6.45, 7) is 8.42. The van der Waals surface area contributed by atoms with Crippen LogP contribution in [0.3, 0.4) is 0 Å². The second kappa shape index (κ2) is 12.9. The van der Waals surface area contributed by atoms with Gasteiger partial charge in [0.2, 0.25) is 0 Å². The van der Waals surface area contributed by atoms with Gasteiger partial charge in [-0.1, -0.05) is 46.5 Å². The van der Waals surface area contributed by atoms with Crippen LogP contribution in [0.1, 0.15) is 39.5 Å². The zero-order chi connectivity index (χ0) is 9.11. The van der Waals surface area contributed by atoms with E-state index in [1.807, 2.05) is 0 Å². The van der Waals surface area contributed by atoms with E-state index >= 15 is 0 Å². The van der Waals surface area contributed by atoms with Gasteiger partial charge >= 0.3 is 25.7 Å². The first kappa shape index (κ1) is 13.9. The van der Waals surface area contributed by atoms with Crippen LogP contribution in [0.4, 0.5) is 0 Å². The van der Waals surface area contributed by atoms with Crippen molar-refractivity contribution in [1.29, 1.82) is 0 Å². The van der Waals surface area contributed by atoms with Gasteiger partial charge in [-0.3, -0.25) is 0 Å². The molecule has 0 aliphatic carbocycles. The van der Waals surface area contributed by atoms with Crippen LogP contribution in [0.5, 0.6) is 0 Å². The fourth-order valence-electron chi connectivity index (χ4n) is 0.697. The van der Waals surface area contributed by atoms with Gasteiger partial charge in [-0.2, -0.15) is 0 Å². The molecular formula is C8H17O2Ti. The Hall–Kier alpha value is 0.314. The predicted molar refractivity (Wildman–Crippen MR) is 40.0 cm³/mol. The monoisotopic (exact) mass is 193 g/mol. The van der Waals surface area contributed by atoms with Crippen LogP contribution < -0.4 is 0 Å². The summed E-state index contributed by atoms with van der Waals surface area (Å²) in [5.74, 6) is 0.704. The van der Waals surface area contributed by atoms with Gasteiger partial charge in [0.05, 0.1) is 0 Å². The molecule has 0 saturated heterocycles. The molecule has 0 bridgehead atoms. The summed E-state index contributed by atoms with van der Waals surface area (Å²) in [7, 11) is 0. The molecule has 0 fully saturated rings. The van der Waals surface area contributed by atoms with Crippen LogP contribution in [0.25, 0.3) is 0 Å². The number of hydrogen-bond donors (Lipinski definition) is 0. The summed E-state index contributed by atoms with van der Waals surface area (Å²) in [6.07, 6.45) is 5.21. The second-order valence-electron chi connectivity index (χ2n) is 2.50. The number of rotatable bonds is 4. The van der Waals surface area contributed by atoms with E-state index in [-0.39, 0.29) is 0 Å². The van der Waals surface area contributed by atoms with Gasteiger partial charge in [0.25, 0.3) is 0 Å². The third-order valence-electron chi connectivity index (χ3n) is 1.54. The summed E-state index contributed by atoms with van der Waals surface area (Å²) < 4.78 is 17.0. The molecule has 2 nitrogen and oxygen atoms in total. The molecule has 0 rings (SSSR count). The molecule has 0 aromatic carbocycles. The van der Waals surface area contributed by atoms with E-state index < -0.39 is 19.1 Å². The van der Waals surface area contributed by atoms with Gasteiger partial charge in [0, 0.05) is 0 Å². The van der Waals surface area contributed by atoms with E-state index in [1.54, 1.807) is 0 Å². The van der Waals surface area contributed by atoms with Crippen molar-refractivity contribution in [2.24, 2.45) is 5.92 Å². The minimum absolute atomic E-state index is 0.704. The SMILES string of the molecule is [CH2]C(CC)CCCC.[O]=[Ti]=[O]. The normalized spacial score (nSPS) is 10.8. The molecule has 0 aromatic heterocycles. The molecule has 11 heavy (non-hydrogen) atoms. The molecule has 0 heterocycles. The molecule has 0 aliphatic rings. The van der Waals surface area contributed by atoms with Crippen molar-refractivity contribution in [3.8, 4) is 0 Å². The second-order valence-corrected chi connectivity index (χ2v) is 2.76. The standard InChI is InChI=1S/C8H17.2O.Ti/c1-4-6-7-8(3)5-2;;;/h8H,3-7H2,1-2H3;;;. The Morgan fingerprint density at radius 3 is 2.09 bits per heavy atom. The summed E-state index contributed by atoms with van der Waals surface area (Å²) in [5, 5.41) is 0. The van der Waals surface area contributed by atoms with Crippen LogP contribution in [0, 0.1) is 12.8 Å². The summed E-state index contributed by atoms with van der Waals surface area (Å²) in [4.78, 5) is 0. The van der Waals surface area contributed by atoms with Gasteiger partial charge in [-0.25, -0.2) is 0 Å². The number of unbranched alkanes of at least 4 members (excludes halogenated alkanes) is 1. The molecule has 0 saturated carbocycles. The van der Waals surface area contributed by atoms with Gasteiger partial charge in [0.1, 0.15) is 0 Å². The van der Waals surface area contributed by atoms with Crippen LogP contribution >= 0.6 is 0 Å². The van der Waals surface area contributed by atoms with Crippen molar-refractivity contribution in [1.82, 2.24) is 0 Å². The van der Waals surface area contributed by atoms with Gasteiger partial charge < -0.3 is 0 Å². The Morgan fingerprint density at radius 1 is 1.36 bits per heavy atom. The minimum atomic E-state index is -2.00. The molecule has 1 atom stereocenters. The molecule has 0 N–H and O–H groups in total. The van der Waals surface area contributed by atoms with Gasteiger partial charge in [0.15, 0.2) is 0 Å². The van der Waals surface area contributed by atoms with E-state index in [0.717, 1.165) is 0 Å². The van der Waals surface area contributed by atoms with Crippen LogP contribution in [0.2, 0.25) is 0 Å². The zero-order valence-electron chi connectivity index (χ0n) is 7.43. The Balaban J connectivity index is 0. The predicted octanol–water partition coefficient (Wildman–Crippen LogP) is 2.80. The first-order chi connectivity index (χ1) is 5.22. The van der Waals surface area contributed by atoms with Crippen molar-refractivity contribution >= 4 is 0 Å². The van der Waals surface area contributed by atoms with Crippen molar-refractivity contribution in [3.63, 3.8) is 0 Å². The van der Waals surface area contributed by atoms with Crippen LogP contribution in [-0.2, 0) is 25.7 Å². The quantitative estimate of drug-likeness (QED) is 0.643. The molecule has 0 amide bonds. The average Bonchev–Trinajstić information content (AvgIpc) is 2.02. The molecule has 0 spiro atoms. The maximum atomic E-state index is 8.50. The van der Waals surface area contributed by atoms with E-state index in [0.29, 0.717) is 5.92 Å². The zero-order valence-corrected chi connectivity index (χ0v) is 8.99. The fourth-order valence-corrected chi connectivity index (χ4v) is 0.697. The van der Waals surface area contributed by atoms with Gasteiger partial charge in [-0.15, -0.1) is 0 Å². The molecule has 65 valence electrons. The fraction of sp³-hybridized carbons (Fsp3) is 0.875. The van der Waals surface area contributed by atoms with E-state index in [1.165, 1.54) is 25.7 Å². The van der Waals surface area contributed by atoms with Crippen LogP contribution in [0.15, 0.2) is 0 Å². The van der Waals surface area contributed by atoms with Gasteiger partial charge in [-0.05, 0) is 5.92 Å². The van der Waals surface area contributed by atoms with E-state index in [4.69, 9.17) is 6.65 Å². The molecule has 3 heteroatoms. The van der Waals surface area contributed by atoms with Crippen molar-refractivity contribution in [2.45, 2.75) is 39.5 Å². The molecule has 1 unspecified atom stereocenters. The summed E-state index contributed by atoms with van der Waals surface area (Å²) >= 11 is -2.00. The third kappa shape index (κ3) is 17.9. The number of hydrogen-bond acceptors (Lipinski definition) is 2. The topological polar surface area (TPSA) is 34.1 Å². The average molecular weight is 193 g/mol. The van der Waals surface area contributed by atoms with Crippen LogP contribution in [-0.4, -0.2) is 0 Å². The third-order valence-corrected chi connectivity index (χ3v) is 1.54. The Kier molecular flexibility index (Phi) is 16.3. The van der Waals surface area contributed by atoms with Crippen molar-refractivity contribution in [3.05, 3.63) is 6.92 Å². The Labute approximate surface area is 78.3 Å². The first-order valence-corrected chi connectivity index (χ1v) is 5.32. The molecule has 0 aliphatic heterocycles. The molecular weight excluding hydrogens is 176 g/mol. The maximum absolute atomic E-state index is 8.50. The summed E-state index contributed by atoms with van der Waals surface area (Å²) in [6, 6.07) is 0.